The number of alkyl halides is 4. The van der Waals surface area contributed by atoms with Gasteiger partial charge in [-0.2, -0.15) is 13.2 Å². The molecule has 0 aliphatic carbocycles. The normalized spacial score (nSPS) is 18.2. The van der Waals surface area contributed by atoms with Crippen LogP contribution in [0.25, 0.3) is 0 Å². The average Bonchev–Trinajstić information content (AvgIpc) is 3.07. The van der Waals surface area contributed by atoms with Gasteiger partial charge in [0.2, 0.25) is 5.95 Å². The zero-order valence-corrected chi connectivity index (χ0v) is 14.9. The van der Waals surface area contributed by atoms with Gasteiger partial charge in [-0.25, -0.2) is 9.37 Å². The fourth-order valence-electron chi connectivity index (χ4n) is 2.94. The number of nitrogens with one attached hydrogen (secondary N) is 2. The van der Waals surface area contributed by atoms with Gasteiger partial charge in [0.25, 0.3) is 11.5 Å². The number of carbonyl (C=O) groups is 1. The number of benzene rings is 1. The SMILES string of the molecule is C[C@@H](NC(=O)c1cc(=O)[nH]c(N2CC[C@@H](F)C2)n1)c1ccc(C(F)(F)F)cc1. The summed E-state index contributed by atoms with van der Waals surface area (Å²) in [6.45, 7) is 2.05. The third kappa shape index (κ3) is 4.49. The Balaban J connectivity index is 1.73. The second kappa shape index (κ2) is 7.61. The van der Waals surface area contributed by atoms with Crippen LogP contribution in [0.3, 0.4) is 0 Å². The molecular weight excluding hydrogens is 380 g/mol. The summed E-state index contributed by atoms with van der Waals surface area (Å²) in [5.41, 5.74) is -1.03. The van der Waals surface area contributed by atoms with E-state index >= 15 is 0 Å². The smallest absolute Gasteiger partial charge is 0.344 e. The first-order chi connectivity index (χ1) is 13.1. The highest BCUT2D eigenvalue weighted by Crippen LogP contribution is 2.30. The molecule has 1 amide bonds. The van der Waals surface area contributed by atoms with Gasteiger partial charge in [0.15, 0.2) is 0 Å². The van der Waals surface area contributed by atoms with E-state index in [-0.39, 0.29) is 18.2 Å². The van der Waals surface area contributed by atoms with Crippen LogP contribution < -0.4 is 15.8 Å². The fraction of sp³-hybridized carbons (Fsp3) is 0.389. The predicted octanol–water partition coefficient (Wildman–Crippen LogP) is 2.83. The van der Waals surface area contributed by atoms with Crippen LogP contribution in [-0.2, 0) is 6.18 Å². The number of halogens is 4. The van der Waals surface area contributed by atoms with Crippen LogP contribution >= 0.6 is 0 Å². The molecule has 0 unspecified atom stereocenters. The number of anilines is 1. The number of hydrogen-bond acceptors (Lipinski definition) is 4. The van der Waals surface area contributed by atoms with E-state index in [1.807, 2.05) is 0 Å². The number of nitrogens with zero attached hydrogens (tertiary/aromatic N) is 2. The van der Waals surface area contributed by atoms with E-state index in [4.69, 9.17) is 0 Å². The number of aromatic amines is 1. The Morgan fingerprint density at radius 1 is 1.32 bits per heavy atom. The van der Waals surface area contributed by atoms with Crippen molar-refractivity contribution in [1.82, 2.24) is 15.3 Å². The molecule has 1 aromatic carbocycles. The quantitative estimate of drug-likeness (QED) is 0.777. The molecule has 1 fully saturated rings. The Morgan fingerprint density at radius 3 is 2.57 bits per heavy atom. The third-order valence-electron chi connectivity index (χ3n) is 4.48. The van der Waals surface area contributed by atoms with Crippen molar-refractivity contribution < 1.29 is 22.4 Å². The van der Waals surface area contributed by atoms with E-state index in [1.165, 1.54) is 12.1 Å². The van der Waals surface area contributed by atoms with E-state index in [2.05, 4.69) is 15.3 Å². The lowest BCUT2D eigenvalue weighted by atomic mass is 10.1. The van der Waals surface area contributed by atoms with Crippen LogP contribution in [-0.4, -0.2) is 35.1 Å². The van der Waals surface area contributed by atoms with Gasteiger partial charge in [0.1, 0.15) is 11.9 Å². The Bertz CT molecular complexity index is 911. The molecule has 1 aliphatic heterocycles. The molecule has 150 valence electrons. The van der Waals surface area contributed by atoms with E-state index in [0.717, 1.165) is 18.2 Å². The van der Waals surface area contributed by atoms with Crippen LogP contribution in [0.1, 0.15) is 41.0 Å². The van der Waals surface area contributed by atoms with Gasteiger partial charge in [-0.3, -0.25) is 14.6 Å². The summed E-state index contributed by atoms with van der Waals surface area (Å²) < 4.78 is 51.3. The molecule has 1 aliphatic rings. The van der Waals surface area contributed by atoms with Crippen molar-refractivity contribution in [2.75, 3.05) is 18.0 Å². The molecule has 0 saturated carbocycles. The molecule has 0 radical (unpaired) electrons. The van der Waals surface area contributed by atoms with Crippen molar-refractivity contribution in [2.24, 2.45) is 0 Å². The Morgan fingerprint density at radius 2 is 2.00 bits per heavy atom. The minimum Gasteiger partial charge on any atom is -0.344 e. The first-order valence-electron chi connectivity index (χ1n) is 8.62. The molecule has 10 heteroatoms. The Labute approximate surface area is 157 Å². The topological polar surface area (TPSA) is 78.1 Å². The van der Waals surface area contributed by atoms with Crippen molar-refractivity contribution >= 4 is 11.9 Å². The van der Waals surface area contributed by atoms with Crippen molar-refractivity contribution in [2.45, 2.75) is 31.7 Å². The maximum Gasteiger partial charge on any atom is 0.416 e. The molecule has 28 heavy (non-hydrogen) atoms. The second-order valence-electron chi connectivity index (χ2n) is 6.60. The number of H-pyrrole nitrogens is 1. The third-order valence-corrected chi connectivity index (χ3v) is 4.48. The lowest BCUT2D eigenvalue weighted by molar-refractivity contribution is -0.137. The monoisotopic (exact) mass is 398 g/mol. The minimum absolute atomic E-state index is 0.0793. The van der Waals surface area contributed by atoms with Crippen molar-refractivity contribution in [1.29, 1.82) is 0 Å². The summed E-state index contributed by atoms with van der Waals surface area (Å²) in [5.74, 6) is -0.546. The number of rotatable bonds is 4. The van der Waals surface area contributed by atoms with Crippen LogP contribution in [0.4, 0.5) is 23.5 Å². The summed E-state index contributed by atoms with van der Waals surface area (Å²) in [6, 6.07) is 4.82. The first-order valence-corrected chi connectivity index (χ1v) is 8.62. The van der Waals surface area contributed by atoms with Gasteiger partial charge < -0.3 is 10.2 Å². The molecule has 6 nitrogen and oxygen atoms in total. The highest BCUT2D eigenvalue weighted by Gasteiger charge is 2.30. The Hall–Kier alpha value is -2.91. The lowest BCUT2D eigenvalue weighted by Gasteiger charge is -2.17. The maximum atomic E-state index is 13.4. The highest BCUT2D eigenvalue weighted by atomic mass is 19.4. The van der Waals surface area contributed by atoms with E-state index in [0.29, 0.717) is 18.5 Å². The van der Waals surface area contributed by atoms with Gasteiger partial charge in [0.05, 0.1) is 18.2 Å². The molecule has 1 saturated heterocycles. The van der Waals surface area contributed by atoms with Gasteiger partial charge in [-0.05, 0) is 31.0 Å². The zero-order chi connectivity index (χ0) is 20.5. The van der Waals surface area contributed by atoms with Crippen LogP contribution in [0.15, 0.2) is 35.1 Å². The molecule has 2 N–H and O–H groups in total. The van der Waals surface area contributed by atoms with E-state index < -0.39 is 35.4 Å². The molecule has 2 heterocycles. The zero-order valence-electron chi connectivity index (χ0n) is 14.9. The van der Waals surface area contributed by atoms with Crippen molar-refractivity contribution in [3.05, 3.63) is 57.5 Å². The van der Waals surface area contributed by atoms with Gasteiger partial charge in [-0.15, -0.1) is 0 Å². The van der Waals surface area contributed by atoms with Gasteiger partial charge in [-0.1, -0.05) is 12.1 Å². The van der Waals surface area contributed by atoms with E-state index in [9.17, 15) is 27.2 Å². The van der Waals surface area contributed by atoms with Gasteiger partial charge >= 0.3 is 6.18 Å². The number of amides is 1. The number of aromatic nitrogens is 2. The van der Waals surface area contributed by atoms with Crippen LogP contribution in [0, 0.1) is 0 Å². The second-order valence-corrected chi connectivity index (χ2v) is 6.60. The maximum absolute atomic E-state index is 13.4. The fourth-order valence-corrected chi connectivity index (χ4v) is 2.94. The molecular formula is C18H18F4N4O2. The first kappa shape index (κ1) is 19.8. The van der Waals surface area contributed by atoms with Crippen molar-refractivity contribution in [3.8, 4) is 0 Å². The van der Waals surface area contributed by atoms with Crippen molar-refractivity contribution in [3.63, 3.8) is 0 Å². The predicted molar refractivity (Wildman–Crippen MR) is 93.9 cm³/mol. The van der Waals surface area contributed by atoms with Crippen LogP contribution in [0.5, 0.6) is 0 Å². The molecule has 2 atom stereocenters. The lowest BCUT2D eigenvalue weighted by Crippen LogP contribution is -2.31. The summed E-state index contributed by atoms with van der Waals surface area (Å²) in [6.07, 6.45) is -5.15. The minimum atomic E-state index is -4.44. The number of carbonyl (C=O) groups excluding carboxylic acids is 1. The molecule has 0 spiro atoms. The number of hydrogen-bond donors (Lipinski definition) is 2. The van der Waals surface area contributed by atoms with Crippen LogP contribution in [0.2, 0.25) is 0 Å². The average molecular weight is 398 g/mol. The summed E-state index contributed by atoms with van der Waals surface area (Å²) in [7, 11) is 0. The largest absolute Gasteiger partial charge is 0.416 e. The summed E-state index contributed by atoms with van der Waals surface area (Å²) in [5, 5.41) is 2.60. The van der Waals surface area contributed by atoms with Gasteiger partial charge in [0, 0.05) is 12.6 Å². The molecule has 1 aromatic heterocycles. The summed E-state index contributed by atoms with van der Waals surface area (Å²) in [4.78, 5) is 32.4. The standard InChI is InChI=1S/C18H18F4N4O2/c1-10(11-2-4-12(5-3-11)18(20,21)22)23-16(28)14-8-15(27)25-17(24-14)26-7-6-13(19)9-26/h2-5,8,10,13H,6-7,9H2,1H3,(H,23,28)(H,24,25,27)/t10-,13-/m1/s1. The van der Waals surface area contributed by atoms with E-state index in [1.54, 1.807) is 11.8 Å². The summed E-state index contributed by atoms with van der Waals surface area (Å²) >= 11 is 0. The Kier molecular flexibility index (Phi) is 5.39. The molecule has 3 rings (SSSR count). The molecule has 2 aromatic rings. The molecule has 0 bridgehead atoms. The highest BCUT2D eigenvalue weighted by molar-refractivity contribution is 5.92.